The normalized spacial score (nSPS) is 12.3. The highest BCUT2D eigenvalue weighted by atomic mass is 19.2. The number of aliphatic hydroxyl groups is 1. The molecule has 0 aliphatic carbocycles. The molecular formula is C12H13F3O3. The summed E-state index contributed by atoms with van der Waals surface area (Å²) in [6.07, 6.45) is -1.82. The van der Waals surface area contributed by atoms with Gasteiger partial charge in [0.1, 0.15) is 5.82 Å². The molecule has 1 unspecified atom stereocenters. The number of hydrogen-bond donors (Lipinski definition) is 1. The molecule has 0 aliphatic heterocycles. The van der Waals surface area contributed by atoms with Crippen molar-refractivity contribution in [2.45, 2.75) is 25.9 Å². The quantitative estimate of drug-likeness (QED) is 0.651. The van der Waals surface area contributed by atoms with Gasteiger partial charge in [-0.25, -0.2) is 13.2 Å². The van der Waals surface area contributed by atoms with E-state index < -0.39 is 29.5 Å². The van der Waals surface area contributed by atoms with Crippen LogP contribution in [0.1, 0.15) is 18.9 Å². The maximum absolute atomic E-state index is 13.2. The van der Waals surface area contributed by atoms with Gasteiger partial charge >= 0.3 is 5.97 Å². The van der Waals surface area contributed by atoms with Crippen LogP contribution in [0.25, 0.3) is 0 Å². The summed E-state index contributed by atoms with van der Waals surface area (Å²) in [7, 11) is 0. The van der Waals surface area contributed by atoms with Crippen molar-refractivity contribution < 1.29 is 27.8 Å². The molecule has 0 saturated heterocycles. The zero-order valence-electron chi connectivity index (χ0n) is 9.75. The first-order valence-corrected chi connectivity index (χ1v) is 5.41. The molecule has 1 aromatic rings. The summed E-state index contributed by atoms with van der Waals surface area (Å²) in [6.45, 7) is 1.78. The van der Waals surface area contributed by atoms with E-state index in [1.807, 2.05) is 0 Å². The first kappa shape index (κ1) is 14.5. The van der Waals surface area contributed by atoms with E-state index in [9.17, 15) is 23.1 Å². The number of aliphatic hydroxyl groups excluding tert-OH is 1. The van der Waals surface area contributed by atoms with Gasteiger partial charge in [0, 0.05) is 12.5 Å². The summed E-state index contributed by atoms with van der Waals surface area (Å²) in [5.74, 6) is -4.09. The third-order valence-corrected chi connectivity index (χ3v) is 2.25. The van der Waals surface area contributed by atoms with Crippen molar-refractivity contribution in [2.75, 3.05) is 6.61 Å². The molecule has 1 N–H and O–H groups in total. The lowest BCUT2D eigenvalue weighted by atomic mass is 10.0. The van der Waals surface area contributed by atoms with Crippen LogP contribution in [0.4, 0.5) is 13.2 Å². The van der Waals surface area contributed by atoms with E-state index in [-0.39, 0.29) is 25.0 Å². The number of halogens is 3. The van der Waals surface area contributed by atoms with Crippen LogP contribution in [0.5, 0.6) is 0 Å². The van der Waals surface area contributed by atoms with Gasteiger partial charge in [-0.05, 0) is 18.6 Å². The zero-order valence-corrected chi connectivity index (χ0v) is 9.75. The van der Waals surface area contributed by atoms with Crippen molar-refractivity contribution >= 4 is 5.97 Å². The van der Waals surface area contributed by atoms with Crippen LogP contribution in [0, 0.1) is 17.5 Å². The lowest BCUT2D eigenvalue weighted by Crippen LogP contribution is -2.18. The Labute approximate surface area is 102 Å². The number of carbonyl (C=O) groups is 1. The molecule has 0 spiro atoms. The standard InChI is InChI=1S/C12H13F3O3/c1-2-18-12(17)5-8(16)3-7-4-10(14)11(15)6-9(7)13/h4,6,8,16H,2-3,5H2,1H3. The average Bonchev–Trinajstić information content (AvgIpc) is 2.26. The van der Waals surface area contributed by atoms with Crippen LogP contribution in [-0.4, -0.2) is 23.8 Å². The van der Waals surface area contributed by atoms with Gasteiger partial charge in [-0.1, -0.05) is 0 Å². The molecule has 18 heavy (non-hydrogen) atoms. The molecule has 1 aromatic carbocycles. The van der Waals surface area contributed by atoms with E-state index in [2.05, 4.69) is 4.74 Å². The SMILES string of the molecule is CCOC(=O)CC(O)Cc1cc(F)c(F)cc1F. The van der Waals surface area contributed by atoms with E-state index in [0.717, 1.165) is 0 Å². The van der Waals surface area contributed by atoms with Crippen LogP contribution in [0.3, 0.4) is 0 Å². The second-order valence-corrected chi connectivity index (χ2v) is 3.72. The van der Waals surface area contributed by atoms with Gasteiger partial charge in [-0.3, -0.25) is 4.79 Å². The first-order chi connectivity index (χ1) is 8.43. The van der Waals surface area contributed by atoms with Gasteiger partial charge in [-0.15, -0.1) is 0 Å². The molecule has 0 bridgehead atoms. The van der Waals surface area contributed by atoms with Crippen molar-refractivity contribution in [2.24, 2.45) is 0 Å². The first-order valence-electron chi connectivity index (χ1n) is 5.41. The molecule has 0 fully saturated rings. The molecule has 0 saturated carbocycles. The van der Waals surface area contributed by atoms with Gasteiger partial charge in [0.15, 0.2) is 11.6 Å². The molecule has 100 valence electrons. The Morgan fingerprint density at radius 2 is 1.89 bits per heavy atom. The van der Waals surface area contributed by atoms with Crippen LogP contribution < -0.4 is 0 Å². The second-order valence-electron chi connectivity index (χ2n) is 3.72. The number of carbonyl (C=O) groups excluding carboxylic acids is 1. The summed E-state index contributed by atoms with van der Waals surface area (Å²) in [4.78, 5) is 11.0. The highest BCUT2D eigenvalue weighted by Gasteiger charge is 2.16. The second kappa shape index (κ2) is 6.39. The van der Waals surface area contributed by atoms with Gasteiger partial charge in [-0.2, -0.15) is 0 Å². The lowest BCUT2D eigenvalue weighted by molar-refractivity contribution is -0.145. The summed E-state index contributed by atoms with van der Waals surface area (Å²) in [6, 6.07) is 1.07. The van der Waals surface area contributed by atoms with Crippen molar-refractivity contribution in [3.05, 3.63) is 35.1 Å². The van der Waals surface area contributed by atoms with Crippen molar-refractivity contribution in [1.29, 1.82) is 0 Å². The largest absolute Gasteiger partial charge is 0.466 e. The Kier molecular flexibility index (Phi) is 5.15. The summed E-state index contributed by atoms with van der Waals surface area (Å²) in [5, 5.41) is 9.50. The zero-order chi connectivity index (χ0) is 13.7. The summed E-state index contributed by atoms with van der Waals surface area (Å²) in [5.41, 5.74) is -0.189. The van der Waals surface area contributed by atoms with E-state index in [1.54, 1.807) is 6.92 Å². The Bertz CT molecular complexity index is 435. The van der Waals surface area contributed by atoms with Crippen LogP contribution in [0.15, 0.2) is 12.1 Å². The van der Waals surface area contributed by atoms with Gasteiger partial charge in [0.05, 0.1) is 19.1 Å². The average molecular weight is 262 g/mol. The van der Waals surface area contributed by atoms with Crippen LogP contribution in [0.2, 0.25) is 0 Å². The molecule has 1 rings (SSSR count). The van der Waals surface area contributed by atoms with E-state index in [4.69, 9.17) is 0 Å². The maximum Gasteiger partial charge on any atom is 0.308 e. The lowest BCUT2D eigenvalue weighted by Gasteiger charge is -2.10. The Hall–Kier alpha value is -1.56. The van der Waals surface area contributed by atoms with Crippen molar-refractivity contribution in [1.82, 2.24) is 0 Å². The predicted octanol–water partition coefficient (Wildman–Crippen LogP) is 1.96. The van der Waals surface area contributed by atoms with E-state index in [1.165, 1.54) is 0 Å². The molecule has 0 aromatic heterocycles. The minimum Gasteiger partial charge on any atom is -0.466 e. The van der Waals surface area contributed by atoms with Crippen LogP contribution >= 0.6 is 0 Å². The fraction of sp³-hybridized carbons (Fsp3) is 0.417. The molecular weight excluding hydrogens is 249 g/mol. The number of hydrogen-bond acceptors (Lipinski definition) is 3. The molecule has 6 heteroatoms. The number of rotatable bonds is 5. The smallest absolute Gasteiger partial charge is 0.308 e. The van der Waals surface area contributed by atoms with Crippen LogP contribution in [-0.2, 0) is 16.0 Å². The molecule has 0 radical (unpaired) electrons. The third-order valence-electron chi connectivity index (χ3n) is 2.25. The molecule has 0 amide bonds. The highest BCUT2D eigenvalue weighted by molar-refractivity contribution is 5.69. The highest BCUT2D eigenvalue weighted by Crippen LogP contribution is 2.16. The number of ether oxygens (including phenoxy) is 1. The molecule has 1 atom stereocenters. The van der Waals surface area contributed by atoms with Crippen molar-refractivity contribution in [3.8, 4) is 0 Å². The molecule has 3 nitrogen and oxygen atoms in total. The summed E-state index contributed by atoms with van der Waals surface area (Å²) >= 11 is 0. The predicted molar refractivity (Wildman–Crippen MR) is 57.3 cm³/mol. The van der Waals surface area contributed by atoms with E-state index in [0.29, 0.717) is 12.1 Å². The summed E-state index contributed by atoms with van der Waals surface area (Å²) < 4.78 is 43.4. The third kappa shape index (κ3) is 4.03. The van der Waals surface area contributed by atoms with Gasteiger partial charge in [0.25, 0.3) is 0 Å². The topological polar surface area (TPSA) is 46.5 Å². The maximum atomic E-state index is 13.2. The van der Waals surface area contributed by atoms with Crippen molar-refractivity contribution in [3.63, 3.8) is 0 Å². The molecule has 0 aliphatic rings. The monoisotopic (exact) mass is 262 g/mol. The molecule has 0 heterocycles. The minimum atomic E-state index is -1.30. The fourth-order valence-corrected chi connectivity index (χ4v) is 1.46. The van der Waals surface area contributed by atoms with Gasteiger partial charge in [0.2, 0.25) is 0 Å². The minimum absolute atomic E-state index is 0.172. The Balaban J connectivity index is 2.67. The Morgan fingerprint density at radius 1 is 1.28 bits per heavy atom. The Morgan fingerprint density at radius 3 is 2.50 bits per heavy atom. The number of esters is 1. The van der Waals surface area contributed by atoms with E-state index >= 15 is 0 Å². The van der Waals surface area contributed by atoms with Gasteiger partial charge < -0.3 is 9.84 Å². The fourth-order valence-electron chi connectivity index (χ4n) is 1.46. The number of benzene rings is 1.